The van der Waals surface area contributed by atoms with Crippen molar-refractivity contribution >= 4 is 11.8 Å². The Kier molecular flexibility index (Phi) is 8.19. The molecule has 0 aliphatic heterocycles. The molecule has 1 aromatic carbocycles. The van der Waals surface area contributed by atoms with Gasteiger partial charge in [-0.2, -0.15) is 11.8 Å². The van der Waals surface area contributed by atoms with Gasteiger partial charge >= 0.3 is 0 Å². The summed E-state index contributed by atoms with van der Waals surface area (Å²) in [6.07, 6.45) is 0. The summed E-state index contributed by atoms with van der Waals surface area (Å²) in [6.45, 7) is 10.2. The van der Waals surface area contributed by atoms with Gasteiger partial charge in [0.1, 0.15) is 0 Å². The Balaban J connectivity index is 2.40. The molecule has 1 rings (SSSR count). The molecule has 1 N–H and O–H groups in total. The van der Waals surface area contributed by atoms with Crippen molar-refractivity contribution in [2.45, 2.75) is 26.8 Å². The minimum Gasteiger partial charge on any atom is -0.312 e. The predicted octanol–water partition coefficient (Wildman–Crippen LogP) is 3.33. The van der Waals surface area contributed by atoms with Crippen LogP contribution in [-0.2, 0) is 0 Å². The van der Waals surface area contributed by atoms with E-state index in [9.17, 15) is 0 Å². The van der Waals surface area contributed by atoms with Crippen molar-refractivity contribution in [1.82, 2.24) is 10.2 Å². The van der Waals surface area contributed by atoms with Gasteiger partial charge in [-0.25, -0.2) is 0 Å². The highest BCUT2D eigenvalue weighted by atomic mass is 32.2. The third-order valence-electron chi connectivity index (χ3n) is 3.64. The van der Waals surface area contributed by atoms with Crippen molar-refractivity contribution in [1.29, 1.82) is 0 Å². The van der Waals surface area contributed by atoms with Gasteiger partial charge in [0.15, 0.2) is 0 Å². The summed E-state index contributed by atoms with van der Waals surface area (Å²) in [4.78, 5) is 2.48. The molecule has 0 bridgehead atoms. The monoisotopic (exact) mass is 280 g/mol. The molecule has 1 unspecified atom stereocenters. The number of benzene rings is 1. The van der Waals surface area contributed by atoms with Crippen LogP contribution < -0.4 is 5.32 Å². The van der Waals surface area contributed by atoms with E-state index in [1.54, 1.807) is 0 Å². The molecule has 19 heavy (non-hydrogen) atoms. The summed E-state index contributed by atoms with van der Waals surface area (Å²) in [7, 11) is 2.06. The molecule has 0 fully saturated rings. The first-order valence-electron chi connectivity index (χ1n) is 7.25. The van der Waals surface area contributed by atoms with Crippen molar-refractivity contribution in [3.8, 4) is 0 Å². The number of nitrogens with zero attached hydrogens (tertiary/aromatic N) is 1. The Morgan fingerprint density at radius 2 is 1.89 bits per heavy atom. The number of hydrogen-bond donors (Lipinski definition) is 1. The summed E-state index contributed by atoms with van der Waals surface area (Å²) >= 11 is 2.04. The Morgan fingerprint density at radius 1 is 1.21 bits per heavy atom. The highest BCUT2D eigenvalue weighted by molar-refractivity contribution is 7.99. The largest absolute Gasteiger partial charge is 0.312 e. The van der Waals surface area contributed by atoms with Crippen LogP contribution in [-0.4, -0.2) is 43.1 Å². The molecular weight excluding hydrogens is 252 g/mol. The minimum absolute atomic E-state index is 0.461. The maximum absolute atomic E-state index is 3.44. The topological polar surface area (TPSA) is 15.3 Å². The van der Waals surface area contributed by atoms with Gasteiger partial charge in [0.05, 0.1) is 0 Å². The summed E-state index contributed by atoms with van der Waals surface area (Å²) in [5.41, 5.74) is 2.81. The molecule has 0 radical (unpaired) electrons. The van der Waals surface area contributed by atoms with Gasteiger partial charge in [-0.15, -0.1) is 0 Å². The number of hydrogen-bond acceptors (Lipinski definition) is 3. The second-order valence-corrected chi connectivity index (χ2v) is 5.95. The van der Waals surface area contributed by atoms with Crippen molar-refractivity contribution in [2.24, 2.45) is 0 Å². The Hall–Kier alpha value is -0.510. The van der Waals surface area contributed by atoms with Crippen LogP contribution in [0.5, 0.6) is 0 Å². The Bertz CT molecular complexity index is 350. The van der Waals surface area contributed by atoms with Crippen LogP contribution in [0.3, 0.4) is 0 Å². The zero-order valence-corrected chi connectivity index (χ0v) is 13.6. The van der Waals surface area contributed by atoms with E-state index in [1.807, 2.05) is 11.8 Å². The van der Waals surface area contributed by atoms with E-state index in [-0.39, 0.29) is 0 Å². The molecule has 2 nitrogen and oxygen atoms in total. The van der Waals surface area contributed by atoms with Gasteiger partial charge in [0.2, 0.25) is 0 Å². The van der Waals surface area contributed by atoms with Gasteiger partial charge in [0, 0.05) is 24.1 Å². The number of rotatable bonds is 9. The maximum Gasteiger partial charge on any atom is 0.0412 e. The number of aryl methyl sites for hydroxylation is 1. The van der Waals surface area contributed by atoms with Crippen LogP contribution in [0.15, 0.2) is 24.3 Å². The average Bonchev–Trinajstić information content (AvgIpc) is 2.44. The molecule has 0 saturated carbocycles. The predicted molar refractivity (Wildman–Crippen MR) is 88.1 cm³/mol. The quantitative estimate of drug-likeness (QED) is 0.699. The summed E-state index contributed by atoms with van der Waals surface area (Å²) < 4.78 is 0. The Labute approximate surface area is 123 Å². The highest BCUT2D eigenvalue weighted by Crippen LogP contribution is 2.21. The SMILES string of the molecule is CCN(CC)CCSCC(NC)c1ccccc1C. The highest BCUT2D eigenvalue weighted by Gasteiger charge is 2.11. The number of nitrogens with one attached hydrogen (secondary N) is 1. The molecule has 1 atom stereocenters. The maximum atomic E-state index is 3.44. The van der Waals surface area contributed by atoms with Crippen LogP contribution in [0.4, 0.5) is 0 Å². The second-order valence-electron chi connectivity index (χ2n) is 4.80. The summed E-state index contributed by atoms with van der Waals surface area (Å²) in [5.74, 6) is 2.36. The molecule has 0 aromatic heterocycles. The van der Waals surface area contributed by atoms with Crippen LogP contribution in [0.2, 0.25) is 0 Å². The molecule has 108 valence electrons. The van der Waals surface area contributed by atoms with Crippen molar-refractivity contribution < 1.29 is 0 Å². The molecule has 3 heteroatoms. The Morgan fingerprint density at radius 3 is 2.47 bits per heavy atom. The first-order chi connectivity index (χ1) is 9.22. The molecule has 0 saturated heterocycles. The lowest BCUT2D eigenvalue weighted by atomic mass is 10.0. The fourth-order valence-electron chi connectivity index (χ4n) is 2.24. The third-order valence-corrected chi connectivity index (χ3v) is 4.68. The second kappa shape index (κ2) is 9.40. The average molecular weight is 280 g/mol. The summed E-state index contributed by atoms with van der Waals surface area (Å²) in [6, 6.07) is 9.14. The molecule has 0 heterocycles. The standard InChI is InChI=1S/C16H28N2S/c1-5-18(6-2)11-12-19-13-16(17-4)15-10-8-7-9-14(15)3/h7-10,16-17H,5-6,11-13H2,1-4H3. The molecule has 1 aromatic rings. The van der Waals surface area contributed by atoms with E-state index in [1.165, 1.54) is 23.4 Å². The lowest BCUT2D eigenvalue weighted by Crippen LogP contribution is -2.26. The lowest BCUT2D eigenvalue weighted by Gasteiger charge is -2.20. The zero-order chi connectivity index (χ0) is 14.1. The lowest BCUT2D eigenvalue weighted by molar-refractivity contribution is 0.324. The van der Waals surface area contributed by atoms with Gasteiger partial charge in [0.25, 0.3) is 0 Å². The zero-order valence-electron chi connectivity index (χ0n) is 12.8. The molecular formula is C16H28N2S. The smallest absolute Gasteiger partial charge is 0.0412 e. The van der Waals surface area contributed by atoms with Gasteiger partial charge < -0.3 is 10.2 Å². The van der Waals surface area contributed by atoms with E-state index in [4.69, 9.17) is 0 Å². The van der Waals surface area contributed by atoms with E-state index in [0.29, 0.717) is 6.04 Å². The van der Waals surface area contributed by atoms with Crippen molar-refractivity contribution in [3.05, 3.63) is 35.4 Å². The van der Waals surface area contributed by atoms with E-state index in [0.717, 1.165) is 18.8 Å². The minimum atomic E-state index is 0.461. The van der Waals surface area contributed by atoms with Crippen LogP contribution in [0.1, 0.15) is 31.0 Å². The third kappa shape index (κ3) is 5.55. The number of thioether (sulfide) groups is 1. The van der Waals surface area contributed by atoms with Crippen molar-refractivity contribution in [3.63, 3.8) is 0 Å². The van der Waals surface area contributed by atoms with E-state index < -0.39 is 0 Å². The molecule has 0 amide bonds. The molecule has 0 aliphatic rings. The van der Waals surface area contributed by atoms with Crippen LogP contribution in [0.25, 0.3) is 0 Å². The normalized spacial score (nSPS) is 12.9. The van der Waals surface area contributed by atoms with E-state index in [2.05, 4.69) is 62.3 Å². The first kappa shape index (κ1) is 16.5. The fourth-order valence-corrected chi connectivity index (χ4v) is 3.38. The summed E-state index contributed by atoms with van der Waals surface area (Å²) in [5, 5.41) is 3.44. The van der Waals surface area contributed by atoms with Gasteiger partial charge in [-0.05, 0) is 38.2 Å². The van der Waals surface area contributed by atoms with Crippen LogP contribution in [0, 0.1) is 6.92 Å². The molecule has 0 spiro atoms. The fraction of sp³-hybridized carbons (Fsp3) is 0.625. The first-order valence-corrected chi connectivity index (χ1v) is 8.41. The van der Waals surface area contributed by atoms with Crippen molar-refractivity contribution in [2.75, 3.05) is 38.2 Å². The van der Waals surface area contributed by atoms with Crippen LogP contribution >= 0.6 is 11.8 Å². The molecule has 0 aliphatic carbocycles. The van der Waals surface area contributed by atoms with Gasteiger partial charge in [-0.3, -0.25) is 0 Å². The van der Waals surface area contributed by atoms with E-state index >= 15 is 0 Å². The van der Waals surface area contributed by atoms with Gasteiger partial charge in [-0.1, -0.05) is 38.1 Å².